The summed E-state index contributed by atoms with van der Waals surface area (Å²) < 4.78 is 33.4. The smallest absolute Gasteiger partial charge is 0.255 e. The van der Waals surface area contributed by atoms with Crippen LogP contribution in [-0.2, 0) is 10.0 Å². The van der Waals surface area contributed by atoms with Crippen LogP contribution >= 0.6 is 15.9 Å². The van der Waals surface area contributed by atoms with E-state index in [4.69, 9.17) is 4.74 Å². The molecule has 1 saturated heterocycles. The highest BCUT2D eigenvalue weighted by Gasteiger charge is 2.25. The van der Waals surface area contributed by atoms with E-state index in [1.54, 1.807) is 42.5 Å². The van der Waals surface area contributed by atoms with Gasteiger partial charge in [-0.3, -0.25) is 4.79 Å². The quantitative estimate of drug-likeness (QED) is 0.592. The second-order valence-electron chi connectivity index (χ2n) is 7.79. The molecule has 0 bridgehead atoms. The van der Waals surface area contributed by atoms with Gasteiger partial charge >= 0.3 is 0 Å². The first-order valence-electron chi connectivity index (χ1n) is 10.1. The van der Waals surface area contributed by atoms with Crippen molar-refractivity contribution in [2.45, 2.75) is 38.0 Å². The molecule has 0 spiro atoms. The van der Waals surface area contributed by atoms with Crippen molar-refractivity contribution in [1.29, 1.82) is 0 Å². The first-order valence-corrected chi connectivity index (χ1v) is 12.3. The molecule has 8 heteroatoms. The molecule has 0 saturated carbocycles. The number of hydrogen-bond acceptors (Lipinski definition) is 4. The minimum absolute atomic E-state index is 0.247. The highest BCUT2D eigenvalue weighted by molar-refractivity contribution is 9.10. The number of sulfonamides is 1. The molecule has 0 radical (unpaired) electrons. The maximum atomic E-state index is 12.7. The third kappa shape index (κ3) is 5.62. The Hall–Kier alpha value is -1.90. The standard InChI is InChI=1S/C22H27BrN2O4S/c1-16(2)15-29-21-11-6-17(14-20(21)23)22(26)24-18-7-9-19(10-8-18)30(27,28)25-12-4-3-5-13-25/h6-11,14,16H,3-5,12-13,15H2,1-2H3,(H,24,26). The topological polar surface area (TPSA) is 75.7 Å². The lowest BCUT2D eigenvalue weighted by atomic mass is 10.2. The Morgan fingerprint density at radius 2 is 1.77 bits per heavy atom. The fourth-order valence-corrected chi connectivity index (χ4v) is 5.19. The van der Waals surface area contributed by atoms with Crippen LogP contribution in [0.5, 0.6) is 5.75 Å². The zero-order valence-corrected chi connectivity index (χ0v) is 19.6. The Labute approximate surface area is 186 Å². The maximum Gasteiger partial charge on any atom is 0.255 e. The van der Waals surface area contributed by atoms with E-state index in [9.17, 15) is 13.2 Å². The number of amides is 1. The van der Waals surface area contributed by atoms with Crippen LogP contribution in [0.1, 0.15) is 43.5 Å². The van der Waals surface area contributed by atoms with Crippen LogP contribution in [0.3, 0.4) is 0 Å². The molecule has 0 aliphatic carbocycles. The first-order chi connectivity index (χ1) is 14.3. The molecule has 1 aliphatic heterocycles. The normalized spacial score (nSPS) is 15.2. The molecular weight excluding hydrogens is 468 g/mol. The summed E-state index contributed by atoms with van der Waals surface area (Å²) in [5.41, 5.74) is 1.01. The van der Waals surface area contributed by atoms with Crippen LogP contribution in [0, 0.1) is 5.92 Å². The number of carbonyl (C=O) groups is 1. The van der Waals surface area contributed by atoms with Crippen molar-refractivity contribution in [3.63, 3.8) is 0 Å². The van der Waals surface area contributed by atoms with E-state index in [1.807, 2.05) is 0 Å². The molecule has 1 N–H and O–H groups in total. The van der Waals surface area contributed by atoms with Gasteiger partial charge in [-0.1, -0.05) is 20.3 Å². The predicted molar refractivity (Wildman–Crippen MR) is 121 cm³/mol. The Balaban J connectivity index is 1.66. The largest absolute Gasteiger partial charge is 0.492 e. The van der Waals surface area contributed by atoms with E-state index >= 15 is 0 Å². The molecule has 1 aliphatic rings. The Morgan fingerprint density at radius 1 is 1.10 bits per heavy atom. The Bertz CT molecular complexity index is 985. The Morgan fingerprint density at radius 3 is 2.37 bits per heavy atom. The molecular formula is C22H27BrN2O4S. The molecule has 1 fully saturated rings. The van der Waals surface area contributed by atoms with Crippen molar-refractivity contribution in [2.75, 3.05) is 25.0 Å². The van der Waals surface area contributed by atoms with E-state index in [-0.39, 0.29) is 10.8 Å². The molecule has 2 aromatic carbocycles. The van der Waals surface area contributed by atoms with Crippen molar-refractivity contribution in [1.82, 2.24) is 4.31 Å². The number of benzene rings is 2. The Kier molecular flexibility index (Phi) is 7.55. The zero-order valence-electron chi connectivity index (χ0n) is 17.2. The highest BCUT2D eigenvalue weighted by Crippen LogP contribution is 2.27. The van der Waals surface area contributed by atoms with Gasteiger partial charge < -0.3 is 10.1 Å². The SMILES string of the molecule is CC(C)COc1ccc(C(=O)Nc2ccc(S(=O)(=O)N3CCCCC3)cc2)cc1Br. The van der Waals surface area contributed by atoms with Crippen molar-refractivity contribution in [3.8, 4) is 5.75 Å². The van der Waals surface area contributed by atoms with Gasteiger partial charge in [0, 0.05) is 24.3 Å². The summed E-state index contributed by atoms with van der Waals surface area (Å²) in [7, 11) is -3.48. The second-order valence-corrected chi connectivity index (χ2v) is 10.6. The van der Waals surface area contributed by atoms with Gasteiger partial charge in [0.1, 0.15) is 5.75 Å². The molecule has 0 aromatic heterocycles. The number of nitrogens with one attached hydrogen (secondary N) is 1. The third-order valence-corrected chi connectivity index (χ3v) is 7.36. The van der Waals surface area contributed by atoms with E-state index in [0.29, 0.717) is 47.1 Å². The fourth-order valence-electron chi connectivity index (χ4n) is 3.18. The molecule has 30 heavy (non-hydrogen) atoms. The van der Waals surface area contributed by atoms with Gasteiger partial charge in [0.2, 0.25) is 10.0 Å². The lowest BCUT2D eigenvalue weighted by Gasteiger charge is -2.25. The summed E-state index contributed by atoms with van der Waals surface area (Å²) in [4.78, 5) is 12.8. The molecule has 3 rings (SSSR count). The van der Waals surface area contributed by atoms with Crippen molar-refractivity contribution in [3.05, 3.63) is 52.5 Å². The number of hydrogen-bond donors (Lipinski definition) is 1. The molecule has 0 unspecified atom stereocenters. The number of halogens is 1. The van der Waals surface area contributed by atoms with Crippen molar-refractivity contribution in [2.24, 2.45) is 5.92 Å². The van der Waals surface area contributed by atoms with E-state index < -0.39 is 10.0 Å². The van der Waals surface area contributed by atoms with Crippen LogP contribution in [-0.4, -0.2) is 38.3 Å². The summed E-state index contributed by atoms with van der Waals surface area (Å²) in [5, 5.41) is 2.80. The average Bonchev–Trinajstić information content (AvgIpc) is 2.73. The van der Waals surface area contributed by atoms with Crippen molar-refractivity contribution >= 4 is 37.5 Å². The lowest BCUT2D eigenvalue weighted by Crippen LogP contribution is -2.35. The fraction of sp³-hybridized carbons (Fsp3) is 0.409. The van der Waals surface area contributed by atoms with E-state index in [2.05, 4.69) is 35.1 Å². The number of carbonyl (C=O) groups excluding carboxylic acids is 1. The van der Waals surface area contributed by atoms with Gasteiger partial charge in [-0.25, -0.2) is 8.42 Å². The van der Waals surface area contributed by atoms with Gasteiger partial charge in [-0.15, -0.1) is 0 Å². The summed E-state index contributed by atoms with van der Waals surface area (Å²) in [6.07, 6.45) is 2.85. The van der Waals surface area contributed by atoms with Crippen LogP contribution in [0.2, 0.25) is 0 Å². The van der Waals surface area contributed by atoms with Crippen LogP contribution in [0.25, 0.3) is 0 Å². The molecule has 162 valence electrons. The van der Waals surface area contributed by atoms with E-state index in [0.717, 1.165) is 19.3 Å². The first kappa shape index (κ1) is 22.8. The lowest BCUT2D eigenvalue weighted by molar-refractivity contribution is 0.102. The van der Waals surface area contributed by atoms with Gasteiger partial charge in [0.25, 0.3) is 5.91 Å². The third-order valence-electron chi connectivity index (χ3n) is 4.83. The summed E-state index contributed by atoms with van der Waals surface area (Å²) in [6.45, 7) is 5.85. The zero-order chi connectivity index (χ0) is 21.7. The van der Waals surface area contributed by atoms with Gasteiger partial charge in [-0.2, -0.15) is 4.31 Å². The molecule has 2 aromatic rings. The van der Waals surface area contributed by atoms with Gasteiger partial charge in [0.15, 0.2) is 0 Å². The van der Waals surface area contributed by atoms with Crippen LogP contribution in [0.4, 0.5) is 5.69 Å². The van der Waals surface area contributed by atoms with Gasteiger partial charge in [0.05, 0.1) is 16.0 Å². The summed E-state index contributed by atoms with van der Waals surface area (Å²) in [5.74, 6) is 0.812. The van der Waals surface area contributed by atoms with Crippen LogP contribution in [0.15, 0.2) is 51.8 Å². The van der Waals surface area contributed by atoms with Crippen LogP contribution < -0.4 is 10.1 Å². The van der Waals surface area contributed by atoms with E-state index in [1.165, 1.54) is 4.31 Å². The number of nitrogens with zero attached hydrogens (tertiary/aromatic N) is 1. The minimum Gasteiger partial charge on any atom is -0.492 e. The molecule has 1 heterocycles. The predicted octanol–water partition coefficient (Wildman–Crippen LogP) is 4.91. The monoisotopic (exact) mass is 494 g/mol. The molecule has 6 nitrogen and oxygen atoms in total. The maximum absolute atomic E-state index is 12.7. The molecule has 1 amide bonds. The summed E-state index contributed by atoms with van der Waals surface area (Å²) >= 11 is 3.44. The van der Waals surface area contributed by atoms with Gasteiger partial charge in [-0.05, 0) is 77.2 Å². The average molecular weight is 495 g/mol. The minimum atomic E-state index is -3.48. The number of rotatable bonds is 7. The highest BCUT2D eigenvalue weighted by atomic mass is 79.9. The van der Waals surface area contributed by atoms with Crippen molar-refractivity contribution < 1.29 is 17.9 Å². The number of ether oxygens (including phenoxy) is 1. The molecule has 0 atom stereocenters. The number of anilines is 1. The second kappa shape index (κ2) is 9.94. The number of piperidine rings is 1. The summed E-state index contributed by atoms with van der Waals surface area (Å²) in [6, 6.07) is 11.5.